The fraction of sp³-hybridized carbons (Fsp3) is 0.250. The molecule has 4 rings (SSSR count). The molecule has 6 nitrogen and oxygen atoms in total. The molecule has 0 unspecified atom stereocenters. The first-order chi connectivity index (χ1) is 12.7. The number of pyridine rings is 1. The summed E-state index contributed by atoms with van der Waals surface area (Å²) in [6.07, 6.45) is 2.40. The summed E-state index contributed by atoms with van der Waals surface area (Å²) in [5.41, 5.74) is 3.42. The number of H-pyrrole nitrogens is 1. The Kier molecular flexibility index (Phi) is 4.50. The number of hydrogen-bond acceptors (Lipinski definition) is 5. The van der Waals surface area contributed by atoms with Gasteiger partial charge in [-0.15, -0.1) is 0 Å². The lowest BCUT2D eigenvalue weighted by molar-refractivity contribution is 0.240. The van der Waals surface area contributed by atoms with Crippen LogP contribution in [0, 0.1) is 0 Å². The molecule has 6 heteroatoms. The zero-order valence-electron chi connectivity index (χ0n) is 14.6. The van der Waals surface area contributed by atoms with Gasteiger partial charge in [-0.25, -0.2) is 4.98 Å². The Morgan fingerprint density at radius 1 is 1.23 bits per heavy atom. The zero-order valence-corrected chi connectivity index (χ0v) is 14.6. The van der Waals surface area contributed by atoms with E-state index in [1.165, 1.54) is 5.56 Å². The fourth-order valence-electron chi connectivity index (χ4n) is 3.28. The van der Waals surface area contributed by atoms with E-state index in [1.807, 2.05) is 36.4 Å². The monoisotopic (exact) mass is 348 g/mol. The average molecular weight is 348 g/mol. The van der Waals surface area contributed by atoms with Crippen LogP contribution in [0.2, 0.25) is 0 Å². The topological polar surface area (TPSA) is 71.1 Å². The molecule has 0 amide bonds. The van der Waals surface area contributed by atoms with E-state index >= 15 is 0 Å². The van der Waals surface area contributed by atoms with Gasteiger partial charge in [0.25, 0.3) is 5.56 Å². The molecule has 3 aromatic rings. The number of ether oxygens (including phenoxy) is 1. The molecular formula is C20H20N4O2. The first kappa shape index (κ1) is 16.5. The Morgan fingerprint density at radius 2 is 2.15 bits per heavy atom. The van der Waals surface area contributed by atoms with Gasteiger partial charge in [-0.1, -0.05) is 18.2 Å². The van der Waals surface area contributed by atoms with Gasteiger partial charge in [0, 0.05) is 31.4 Å². The van der Waals surface area contributed by atoms with Gasteiger partial charge in [-0.3, -0.25) is 14.7 Å². The second-order valence-corrected chi connectivity index (χ2v) is 6.37. The minimum atomic E-state index is -0.0586. The molecule has 26 heavy (non-hydrogen) atoms. The lowest BCUT2D eigenvalue weighted by Crippen LogP contribution is -2.35. The number of rotatable bonds is 4. The summed E-state index contributed by atoms with van der Waals surface area (Å²) in [5.74, 6) is 1.38. The Balaban J connectivity index is 1.59. The van der Waals surface area contributed by atoms with E-state index in [2.05, 4.69) is 25.9 Å². The molecule has 0 saturated heterocycles. The summed E-state index contributed by atoms with van der Waals surface area (Å²) in [7, 11) is 1.67. The highest BCUT2D eigenvalue weighted by Gasteiger charge is 2.21. The van der Waals surface area contributed by atoms with Gasteiger partial charge < -0.3 is 9.72 Å². The molecule has 1 aliphatic rings. The van der Waals surface area contributed by atoms with Gasteiger partial charge in [-0.05, 0) is 36.2 Å². The van der Waals surface area contributed by atoms with Crippen molar-refractivity contribution in [2.24, 2.45) is 0 Å². The molecule has 1 aliphatic heterocycles. The van der Waals surface area contributed by atoms with E-state index in [1.54, 1.807) is 13.3 Å². The molecule has 0 atom stereocenters. The highest BCUT2D eigenvalue weighted by molar-refractivity contribution is 5.49. The summed E-state index contributed by atoms with van der Waals surface area (Å²) < 4.78 is 5.30. The van der Waals surface area contributed by atoms with Gasteiger partial charge in [0.15, 0.2) is 5.82 Å². The minimum Gasteiger partial charge on any atom is -0.497 e. The Hall–Kier alpha value is -2.99. The van der Waals surface area contributed by atoms with Crippen molar-refractivity contribution >= 4 is 0 Å². The highest BCUT2D eigenvalue weighted by Crippen LogP contribution is 2.20. The number of nitrogens with zero attached hydrogens (tertiary/aromatic N) is 3. The van der Waals surface area contributed by atoms with Crippen molar-refractivity contribution in [3.8, 4) is 17.3 Å². The molecular weight excluding hydrogens is 328 g/mol. The third-order valence-corrected chi connectivity index (χ3v) is 4.60. The van der Waals surface area contributed by atoms with Crippen molar-refractivity contribution in [2.75, 3.05) is 13.7 Å². The van der Waals surface area contributed by atoms with Crippen LogP contribution in [0.4, 0.5) is 0 Å². The number of aromatic amines is 1. The molecule has 1 N–H and O–H groups in total. The minimum absolute atomic E-state index is 0.0586. The van der Waals surface area contributed by atoms with Crippen LogP contribution in [0.3, 0.4) is 0 Å². The van der Waals surface area contributed by atoms with Crippen LogP contribution in [-0.4, -0.2) is 33.5 Å². The summed E-state index contributed by atoms with van der Waals surface area (Å²) in [6, 6.07) is 13.6. The van der Waals surface area contributed by atoms with Crippen LogP contribution in [0.1, 0.15) is 16.8 Å². The lowest BCUT2D eigenvalue weighted by atomic mass is 10.1. The van der Waals surface area contributed by atoms with Crippen LogP contribution in [0.15, 0.2) is 53.5 Å². The summed E-state index contributed by atoms with van der Waals surface area (Å²) in [5, 5.41) is 0. The first-order valence-electron chi connectivity index (χ1n) is 8.61. The third kappa shape index (κ3) is 3.36. The molecule has 0 aliphatic carbocycles. The van der Waals surface area contributed by atoms with Crippen molar-refractivity contribution in [3.63, 3.8) is 0 Å². The molecule has 2 aromatic heterocycles. The predicted molar refractivity (Wildman–Crippen MR) is 98.9 cm³/mol. The Labute approximate surface area is 151 Å². The normalized spacial score (nSPS) is 14.0. The molecule has 0 fully saturated rings. The summed E-state index contributed by atoms with van der Waals surface area (Å²) in [4.78, 5) is 26.6. The van der Waals surface area contributed by atoms with Crippen molar-refractivity contribution in [1.29, 1.82) is 0 Å². The SMILES string of the molecule is COc1cccc(CN2CCc3c(nc(-c4ccccn4)[nH]c3=O)C2)c1. The lowest BCUT2D eigenvalue weighted by Gasteiger charge is -2.27. The van der Waals surface area contributed by atoms with Crippen LogP contribution in [0.5, 0.6) is 5.75 Å². The van der Waals surface area contributed by atoms with Crippen LogP contribution in [-0.2, 0) is 19.5 Å². The van der Waals surface area contributed by atoms with E-state index in [-0.39, 0.29) is 5.56 Å². The molecule has 3 heterocycles. The number of nitrogens with one attached hydrogen (secondary N) is 1. The summed E-state index contributed by atoms with van der Waals surface area (Å²) >= 11 is 0. The van der Waals surface area contributed by atoms with Gasteiger partial charge in [0.2, 0.25) is 0 Å². The maximum atomic E-state index is 12.4. The maximum absolute atomic E-state index is 12.4. The fourth-order valence-corrected chi connectivity index (χ4v) is 3.28. The number of methoxy groups -OCH3 is 1. The first-order valence-corrected chi connectivity index (χ1v) is 8.61. The van der Waals surface area contributed by atoms with Crippen molar-refractivity contribution in [3.05, 3.63) is 75.8 Å². The molecule has 0 saturated carbocycles. The largest absolute Gasteiger partial charge is 0.497 e. The van der Waals surface area contributed by atoms with E-state index in [0.29, 0.717) is 24.5 Å². The number of hydrogen-bond donors (Lipinski definition) is 1. The standard InChI is InChI=1S/C20H20N4O2/c1-26-15-6-4-5-14(11-15)12-24-10-8-16-18(13-24)22-19(23-20(16)25)17-7-2-3-9-21-17/h2-7,9,11H,8,10,12-13H2,1H3,(H,22,23,25). The Morgan fingerprint density at radius 3 is 2.96 bits per heavy atom. The van der Waals surface area contributed by atoms with E-state index in [4.69, 9.17) is 4.74 Å². The second kappa shape index (κ2) is 7.09. The van der Waals surface area contributed by atoms with E-state index < -0.39 is 0 Å². The van der Waals surface area contributed by atoms with Gasteiger partial charge >= 0.3 is 0 Å². The summed E-state index contributed by atoms with van der Waals surface area (Å²) in [6.45, 7) is 2.28. The van der Waals surface area contributed by atoms with Crippen LogP contribution < -0.4 is 10.3 Å². The Bertz CT molecular complexity index is 969. The van der Waals surface area contributed by atoms with Crippen molar-refractivity contribution < 1.29 is 4.74 Å². The number of aromatic nitrogens is 3. The third-order valence-electron chi connectivity index (χ3n) is 4.60. The van der Waals surface area contributed by atoms with Crippen molar-refractivity contribution in [1.82, 2.24) is 19.9 Å². The zero-order chi connectivity index (χ0) is 17.9. The molecule has 132 valence electrons. The van der Waals surface area contributed by atoms with Gasteiger partial charge in [0.05, 0.1) is 12.8 Å². The van der Waals surface area contributed by atoms with Crippen LogP contribution >= 0.6 is 0 Å². The maximum Gasteiger partial charge on any atom is 0.254 e. The second-order valence-electron chi connectivity index (χ2n) is 6.37. The number of fused-ring (bicyclic) bond motifs is 1. The quantitative estimate of drug-likeness (QED) is 0.784. The highest BCUT2D eigenvalue weighted by atomic mass is 16.5. The van der Waals surface area contributed by atoms with E-state index in [0.717, 1.165) is 30.1 Å². The molecule has 0 radical (unpaired) electrons. The molecule has 0 spiro atoms. The average Bonchev–Trinajstić information content (AvgIpc) is 2.68. The van der Waals surface area contributed by atoms with E-state index in [9.17, 15) is 4.79 Å². The van der Waals surface area contributed by atoms with Gasteiger partial charge in [-0.2, -0.15) is 0 Å². The van der Waals surface area contributed by atoms with Gasteiger partial charge in [0.1, 0.15) is 11.4 Å². The number of benzene rings is 1. The molecule has 0 bridgehead atoms. The molecule has 1 aromatic carbocycles. The van der Waals surface area contributed by atoms with Crippen LogP contribution in [0.25, 0.3) is 11.5 Å². The predicted octanol–water partition coefficient (Wildman–Crippen LogP) is 2.40. The smallest absolute Gasteiger partial charge is 0.254 e. The van der Waals surface area contributed by atoms with Crippen molar-refractivity contribution in [2.45, 2.75) is 19.5 Å².